The van der Waals surface area contributed by atoms with Gasteiger partial charge in [0.05, 0.1) is 18.8 Å². The van der Waals surface area contributed by atoms with Crippen molar-refractivity contribution in [2.75, 3.05) is 6.61 Å². The zero-order chi connectivity index (χ0) is 18.4. The molecule has 138 valence electrons. The maximum atomic E-state index is 11.6. The SMILES string of the molecule is CCOc1ccc([C@H]2C[C@@H](NC(C)=O)C[C@@H](Cc3ccccc3)O2)cc1. The second-order valence-corrected chi connectivity index (χ2v) is 6.81. The van der Waals surface area contributed by atoms with Gasteiger partial charge in [0.15, 0.2) is 0 Å². The van der Waals surface area contributed by atoms with E-state index in [0.29, 0.717) is 6.61 Å². The van der Waals surface area contributed by atoms with Gasteiger partial charge in [-0.05, 0) is 49.4 Å². The Morgan fingerprint density at radius 3 is 2.50 bits per heavy atom. The first kappa shape index (κ1) is 18.5. The molecule has 1 aliphatic rings. The fourth-order valence-electron chi connectivity index (χ4n) is 3.59. The van der Waals surface area contributed by atoms with Gasteiger partial charge >= 0.3 is 0 Å². The highest BCUT2D eigenvalue weighted by atomic mass is 16.5. The Morgan fingerprint density at radius 1 is 1.12 bits per heavy atom. The van der Waals surface area contributed by atoms with E-state index in [9.17, 15) is 4.79 Å². The zero-order valence-electron chi connectivity index (χ0n) is 15.5. The summed E-state index contributed by atoms with van der Waals surface area (Å²) in [6, 6.07) is 18.6. The van der Waals surface area contributed by atoms with Crippen molar-refractivity contribution in [3.8, 4) is 5.75 Å². The van der Waals surface area contributed by atoms with Gasteiger partial charge in [0.25, 0.3) is 0 Å². The van der Waals surface area contributed by atoms with E-state index in [4.69, 9.17) is 9.47 Å². The quantitative estimate of drug-likeness (QED) is 0.852. The number of hydrogen-bond donors (Lipinski definition) is 1. The Hall–Kier alpha value is -2.33. The van der Waals surface area contributed by atoms with E-state index in [1.165, 1.54) is 5.56 Å². The van der Waals surface area contributed by atoms with Crippen LogP contribution in [0.1, 0.15) is 43.9 Å². The van der Waals surface area contributed by atoms with E-state index >= 15 is 0 Å². The molecule has 1 N–H and O–H groups in total. The third kappa shape index (κ3) is 5.09. The lowest BCUT2D eigenvalue weighted by Gasteiger charge is -2.36. The van der Waals surface area contributed by atoms with E-state index in [-0.39, 0.29) is 24.2 Å². The minimum absolute atomic E-state index is 0.0146. The molecule has 0 bridgehead atoms. The number of ether oxygens (including phenoxy) is 2. The second kappa shape index (κ2) is 8.86. The Morgan fingerprint density at radius 2 is 1.85 bits per heavy atom. The summed E-state index contributed by atoms with van der Waals surface area (Å²) < 4.78 is 11.9. The van der Waals surface area contributed by atoms with Gasteiger partial charge in [-0.25, -0.2) is 0 Å². The summed E-state index contributed by atoms with van der Waals surface area (Å²) >= 11 is 0. The number of hydrogen-bond acceptors (Lipinski definition) is 3. The molecule has 1 amide bonds. The van der Waals surface area contributed by atoms with E-state index in [1.807, 2.05) is 37.3 Å². The van der Waals surface area contributed by atoms with Crippen LogP contribution in [0.5, 0.6) is 5.75 Å². The predicted octanol–water partition coefficient (Wildman–Crippen LogP) is 4.05. The molecular formula is C22H27NO3. The van der Waals surface area contributed by atoms with E-state index in [2.05, 4.69) is 29.6 Å². The van der Waals surface area contributed by atoms with Gasteiger partial charge in [-0.2, -0.15) is 0 Å². The Bertz CT molecular complexity index is 699. The zero-order valence-corrected chi connectivity index (χ0v) is 15.5. The molecule has 0 radical (unpaired) electrons. The molecule has 0 unspecified atom stereocenters. The molecule has 1 saturated heterocycles. The van der Waals surface area contributed by atoms with Gasteiger partial charge in [0, 0.05) is 13.0 Å². The van der Waals surface area contributed by atoms with Crippen LogP contribution in [0.4, 0.5) is 0 Å². The van der Waals surface area contributed by atoms with Crippen LogP contribution in [-0.2, 0) is 16.0 Å². The maximum Gasteiger partial charge on any atom is 0.217 e. The highest BCUT2D eigenvalue weighted by Crippen LogP contribution is 2.33. The number of carbonyl (C=O) groups excluding carboxylic acids is 1. The lowest BCUT2D eigenvalue weighted by Crippen LogP contribution is -2.42. The summed E-state index contributed by atoms with van der Waals surface area (Å²) in [5, 5.41) is 3.09. The van der Waals surface area contributed by atoms with Crippen molar-refractivity contribution in [3.63, 3.8) is 0 Å². The summed E-state index contributed by atoms with van der Waals surface area (Å²) in [5.41, 5.74) is 2.38. The van der Waals surface area contributed by atoms with Crippen molar-refractivity contribution in [1.29, 1.82) is 0 Å². The standard InChI is InChI=1S/C22H27NO3/c1-3-25-20-11-9-18(10-12-20)22-15-19(23-16(2)24)14-21(26-22)13-17-7-5-4-6-8-17/h4-12,19,21-22H,3,13-15H2,1-2H3,(H,23,24)/t19-,21+,22+/m0/s1. The molecular weight excluding hydrogens is 326 g/mol. The maximum absolute atomic E-state index is 11.6. The van der Waals surface area contributed by atoms with E-state index < -0.39 is 0 Å². The number of benzene rings is 2. The fourth-order valence-corrected chi connectivity index (χ4v) is 3.59. The topological polar surface area (TPSA) is 47.6 Å². The number of carbonyl (C=O) groups is 1. The third-order valence-corrected chi connectivity index (χ3v) is 4.68. The van der Waals surface area contributed by atoms with Crippen LogP contribution in [0.3, 0.4) is 0 Å². The number of rotatable bonds is 6. The number of nitrogens with one attached hydrogen (secondary N) is 1. The third-order valence-electron chi connectivity index (χ3n) is 4.68. The molecule has 3 rings (SSSR count). The van der Waals surface area contributed by atoms with Crippen molar-refractivity contribution < 1.29 is 14.3 Å². The van der Waals surface area contributed by atoms with Gasteiger partial charge < -0.3 is 14.8 Å². The molecule has 0 aliphatic carbocycles. The van der Waals surface area contributed by atoms with Gasteiger partial charge in [-0.15, -0.1) is 0 Å². The summed E-state index contributed by atoms with van der Waals surface area (Å²) in [7, 11) is 0. The summed E-state index contributed by atoms with van der Waals surface area (Å²) in [4.78, 5) is 11.6. The molecule has 2 aromatic carbocycles. The van der Waals surface area contributed by atoms with Crippen molar-refractivity contribution in [1.82, 2.24) is 5.32 Å². The highest BCUT2D eigenvalue weighted by Gasteiger charge is 2.31. The second-order valence-electron chi connectivity index (χ2n) is 6.81. The lowest BCUT2D eigenvalue weighted by molar-refractivity contribution is -0.122. The molecule has 1 fully saturated rings. The van der Waals surface area contributed by atoms with E-state index in [1.54, 1.807) is 6.92 Å². The smallest absolute Gasteiger partial charge is 0.217 e. The van der Waals surface area contributed by atoms with Gasteiger partial charge in [-0.1, -0.05) is 42.5 Å². The monoisotopic (exact) mass is 353 g/mol. The largest absolute Gasteiger partial charge is 0.494 e. The molecule has 1 aliphatic heterocycles. The molecule has 0 aromatic heterocycles. The van der Waals surface area contributed by atoms with Crippen LogP contribution in [0.25, 0.3) is 0 Å². The van der Waals surface area contributed by atoms with Gasteiger partial charge in [0.1, 0.15) is 5.75 Å². The van der Waals surface area contributed by atoms with Crippen LogP contribution in [0.15, 0.2) is 54.6 Å². The summed E-state index contributed by atoms with van der Waals surface area (Å²) in [6.45, 7) is 4.21. The van der Waals surface area contributed by atoms with Crippen molar-refractivity contribution in [3.05, 3.63) is 65.7 Å². The highest BCUT2D eigenvalue weighted by molar-refractivity contribution is 5.73. The molecule has 4 heteroatoms. The molecule has 26 heavy (non-hydrogen) atoms. The normalized spacial score (nSPS) is 22.6. The molecule has 1 heterocycles. The summed E-state index contributed by atoms with van der Waals surface area (Å²) in [6.07, 6.45) is 2.54. The van der Waals surface area contributed by atoms with Crippen LogP contribution in [-0.4, -0.2) is 24.7 Å². The molecule has 0 spiro atoms. The minimum atomic E-state index is -0.0232. The Labute approximate surface area is 155 Å². The van der Waals surface area contributed by atoms with Gasteiger partial charge in [-0.3, -0.25) is 4.79 Å². The van der Waals surface area contributed by atoms with Crippen LogP contribution >= 0.6 is 0 Å². The predicted molar refractivity (Wildman–Crippen MR) is 102 cm³/mol. The fraction of sp³-hybridized carbons (Fsp3) is 0.409. The average Bonchev–Trinajstić information content (AvgIpc) is 2.63. The van der Waals surface area contributed by atoms with Crippen molar-refractivity contribution >= 4 is 5.91 Å². The summed E-state index contributed by atoms with van der Waals surface area (Å²) in [5.74, 6) is 0.882. The molecule has 2 aromatic rings. The minimum Gasteiger partial charge on any atom is -0.494 e. The number of amides is 1. The molecule has 0 saturated carbocycles. The van der Waals surface area contributed by atoms with Gasteiger partial charge in [0.2, 0.25) is 5.91 Å². The van der Waals surface area contributed by atoms with E-state index in [0.717, 1.165) is 30.6 Å². The average molecular weight is 353 g/mol. The van der Waals surface area contributed by atoms with Crippen molar-refractivity contribution in [2.45, 2.75) is 51.4 Å². The first-order valence-electron chi connectivity index (χ1n) is 9.33. The molecule has 3 atom stereocenters. The Kier molecular flexibility index (Phi) is 6.29. The van der Waals surface area contributed by atoms with Crippen LogP contribution < -0.4 is 10.1 Å². The Balaban J connectivity index is 1.73. The first-order chi connectivity index (χ1) is 12.6. The molecule has 4 nitrogen and oxygen atoms in total. The van der Waals surface area contributed by atoms with Crippen molar-refractivity contribution in [2.24, 2.45) is 0 Å². The van der Waals surface area contributed by atoms with Crippen LogP contribution in [0, 0.1) is 0 Å². The lowest BCUT2D eigenvalue weighted by atomic mass is 9.91. The van der Waals surface area contributed by atoms with Crippen LogP contribution in [0.2, 0.25) is 0 Å². The first-order valence-corrected chi connectivity index (χ1v) is 9.33.